The zero-order valence-corrected chi connectivity index (χ0v) is 17.1. The largest absolute Gasteiger partial charge is 0.328 e. The quantitative estimate of drug-likeness (QED) is 0.190. The minimum Gasteiger partial charge on any atom is -0.328 e. The Balaban J connectivity index is 0.00000160. The van der Waals surface area contributed by atoms with Gasteiger partial charge in [0.15, 0.2) is 0 Å². The number of para-hydroxylation sites is 1. The molecule has 0 unspecified atom stereocenters. The molecule has 0 fully saturated rings. The number of hydrogen-bond acceptors (Lipinski definition) is 1. The van der Waals surface area contributed by atoms with Crippen LogP contribution in [0, 0.1) is 13.0 Å². The second-order valence-electron chi connectivity index (χ2n) is 6.86. The molecular formula is C24H15IrN2-. The standard InChI is InChI=1S/C24H15N2.Ir/c1-15-13-19-23-21(14-15)26(16-7-3-2-4-8-16)20-11-5-9-17(22(20)23)18-10-6-12-25-24(18)19;/h2-12,14H,1H3;/q-1;. The summed E-state index contributed by atoms with van der Waals surface area (Å²) in [6, 6.07) is 27.2. The maximum Gasteiger partial charge on any atom is 0.0444 e. The summed E-state index contributed by atoms with van der Waals surface area (Å²) in [4.78, 5) is 4.71. The molecule has 131 valence electrons. The van der Waals surface area contributed by atoms with Crippen LogP contribution in [0.3, 0.4) is 0 Å². The van der Waals surface area contributed by atoms with Crippen LogP contribution in [0.1, 0.15) is 5.56 Å². The first-order valence-electron chi connectivity index (χ1n) is 8.84. The van der Waals surface area contributed by atoms with Crippen LogP contribution in [0.15, 0.2) is 72.9 Å². The van der Waals surface area contributed by atoms with Crippen LogP contribution < -0.4 is 0 Å². The average Bonchev–Trinajstić information content (AvgIpc) is 3.02. The monoisotopic (exact) mass is 524 g/mol. The fourth-order valence-corrected chi connectivity index (χ4v) is 4.33. The Labute approximate surface area is 170 Å². The first-order valence-corrected chi connectivity index (χ1v) is 8.84. The number of aryl methyl sites for hydroxylation is 1. The van der Waals surface area contributed by atoms with Gasteiger partial charge in [-0.25, -0.2) is 0 Å². The predicted molar refractivity (Wildman–Crippen MR) is 108 cm³/mol. The van der Waals surface area contributed by atoms with E-state index < -0.39 is 0 Å². The van der Waals surface area contributed by atoms with Gasteiger partial charge in [0.25, 0.3) is 0 Å². The molecule has 6 rings (SSSR count). The van der Waals surface area contributed by atoms with Crippen molar-refractivity contribution in [3.63, 3.8) is 0 Å². The number of rotatable bonds is 1. The van der Waals surface area contributed by atoms with E-state index in [0.29, 0.717) is 0 Å². The second kappa shape index (κ2) is 5.88. The predicted octanol–water partition coefficient (Wildman–Crippen LogP) is 6.03. The van der Waals surface area contributed by atoms with Crippen LogP contribution >= 0.6 is 0 Å². The van der Waals surface area contributed by atoms with Crippen LogP contribution in [0.25, 0.3) is 49.2 Å². The molecule has 27 heavy (non-hydrogen) atoms. The number of nitrogens with zero attached hydrogens (tertiary/aromatic N) is 2. The number of aromatic nitrogens is 2. The van der Waals surface area contributed by atoms with Gasteiger partial charge < -0.3 is 9.55 Å². The summed E-state index contributed by atoms with van der Waals surface area (Å²) in [5.74, 6) is 0. The van der Waals surface area contributed by atoms with Crippen LogP contribution in [0.2, 0.25) is 0 Å². The first-order chi connectivity index (χ1) is 12.8. The molecular weight excluding hydrogens is 508 g/mol. The molecule has 0 saturated carbocycles. The molecule has 6 aromatic rings. The Hall–Kier alpha value is -2.74. The van der Waals surface area contributed by atoms with Crippen LogP contribution in [0.4, 0.5) is 0 Å². The molecule has 0 amide bonds. The molecule has 2 aromatic heterocycles. The summed E-state index contributed by atoms with van der Waals surface area (Å²) >= 11 is 0. The van der Waals surface area contributed by atoms with Crippen molar-refractivity contribution in [3.05, 3.63) is 84.6 Å². The van der Waals surface area contributed by atoms with Crippen molar-refractivity contribution < 1.29 is 20.1 Å². The van der Waals surface area contributed by atoms with Crippen molar-refractivity contribution in [1.82, 2.24) is 9.55 Å². The van der Waals surface area contributed by atoms with E-state index in [4.69, 9.17) is 4.98 Å². The maximum atomic E-state index is 4.71. The summed E-state index contributed by atoms with van der Waals surface area (Å²) in [5.41, 5.74) is 5.80. The van der Waals surface area contributed by atoms with E-state index in [2.05, 4.69) is 78.2 Å². The Kier molecular flexibility index (Phi) is 3.58. The van der Waals surface area contributed by atoms with Crippen LogP contribution in [-0.4, -0.2) is 9.55 Å². The van der Waals surface area contributed by atoms with Crippen molar-refractivity contribution in [2.75, 3.05) is 0 Å². The minimum atomic E-state index is 0. The molecule has 3 heteroatoms. The molecule has 0 atom stereocenters. The van der Waals surface area contributed by atoms with Crippen molar-refractivity contribution in [2.45, 2.75) is 6.92 Å². The van der Waals surface area contributed by atoms with Crippen molar-refractivity contribution >= 4 is 43.5 Å². The molecule has 2 nitrogen and oxygen atoms in total. The number of pyridine rings is 1. The summed E-state index contributed by atoms with van der Waals surface area (Å²) in [5, 5.41) is 6.14. The fraction of sp³-hybridized carbons (Fsp3) is 0.0417. The Morgan fingerprint density at radius 1 is 0.815 bits per heavy atom. The third-order valence-electron chi connectivity index (χ3n) is 5.30. The summed E-state index contributed by atoms with van der Waals surface area (Å²) < 4.78 is 2.37. The van der Waals surface area contributed by atoms with Crippen LogP contribution in [0.5, 0.6) is 0 Å². The molecule has 0 aliphatic rings. The summed E-state index contributed by atoms with van der Waals surface area (Å²) in [6.07, 6.45) is 1.88. The Bertz CT molecular complexity index is 1430. The minimum absolute atomic E-state index is 0. The van der Waals surface area contributed by atoms with E-state index in [0.717, 1.165) is 16.5 Å². The van der Waals surface area contributed by atoms with Crippen molar-refractivity contribution in [3.8, 4) is 5.69 Å². The van der Waals surface area contributed by atoms with Gasteiger partial charge in [0.1, 0.15) is 0 Å². The molecule has 0 saturated heterocycles. The molecule has 0 aliphatic carbocycles. The molecule has 0 aliphatic heterocycles. The van der Waals surface area contributed by atoms with Crippen LogP contribution in [-0.2, 0) is 20.1 Å². The van der Waals surface area contributed by atoms with E-state index in [9.17, 15) is 0 Å². The number of hydrogen-bond donors (Lipinski definition) is 0. The molecule has 1 radical (unpaired) electrons. The molecule has 0 spiro atoms. The van der Waals surface area contributed by atoms with Gasteiger partial charge in [-0.3, -0.25) is 0 Å². The maximum absolute atomic E-state index is 4.71. The second-order valence-corrected chi connectivity index (χ2v) is 6.86. The van der Waals surface area contributed by atoms with E-state index in [1.54, 1.807) is 0 Å². The van der Waals surface area contributed by atoms with Gasteiger partial charge in [-0.1, -0.05) is 48.7 Å². The zero-order valence-electron chi connectivity index (χ0n) is 14.7. The SMILES string of the molecule is Cc1[c-]c2c3ncccc3c3cccc4c3c2c(c1)n4-c1ccccc1.[Ir]. The topological polar surface area (TPSA) is 17.8 Å². The van der Waals surface area contributed by atoms with Gasteiger partial charge in [-0.15, -0.1) is 23.1 Å². The van der Waals surface area contributed by atoms with Crippen molar-refractivity contribution in [1.29, 1.82) is 0 Å². The van der Waals surface area contributed by atoms with Crippen molar-refractivity contribution in [2.24, 2.45) is 0 Å². The van der Waals surface area contributed by atoms with Gasteiger partial charge in [0.05, 0.1) is 0 Å². The van der Waals surface area contributed by atoms with Gasteiger partial charge in [-0.05, 0) is 51.5 Å². The molecule has 4 aromatic carbocycles. The Morgan fingerprint density at radius 2 is 1.63 bits per heavy atom. The van der Waals surface area contributed by atoms with E-state index in [-0.39, 0.29) is 20.1 Å². The van der Waals surface area contributed by atoms with Gasteiger partial charge >= 0.3 is 0 Å². The molecule has 2 heterocycles. The normalized spacial score (nSPS) is 11.6. The van der Waals surface area contributed by atoms with E-state index in [1.165, 1.54) is 38.3 Å². The summed E-state index contributed by atoms with van der Waals surface area (Å²) in [7, 11) is 0. The Morgan fingerprint density at radius 3 is 2.48 bits per heavy atom. The number of fused-ring (bicyclic) bond motifs is 3. The van der Waals surface area contributed by atoms with Gasteiger partial charge in [0.2, 0.25) is 0 Å². The van der Waals surface area contributed by atoms with Gasteiger partial charge in [0, 0.05) is 37.5 Å². The average molecular weight is 524 g/mol. The third-order valence-corrected chi connectivity index (χ3v) is 5.30. The van der Waals surface area contributed by atoms with E-state index >= 15 is 0 Å². The summed E-state index contributed by atoms with van der Waals surface area (Å²) in [6.45, 7) is 2.11. The first kappa shape index (κ1) is 16.4. The van der Waals surface area contributed by atoms with E-state index in [1.807, 2.05) is 12.3 Å². The zero-order chi connectivity index (χ0) is 17.3. The fourth-order valence-electron chi connectivity index (χ4n) is 4.33. The number of benzene rings is 4. The molecule has 0 N–H and O–H groups in total. The smallest absolute Gasteiger partial charge is 0.0444 e. The molecule has 0 bridgehead atoms. The third kappa shape index (κ3) is 2.13. The van der Waals surface area contributed by atoms with Gasteiger partial charge in [-0.2, -0.15) is 0 Å².